The first-order valence-corrected chi connectivity index (χ1v) is 19.7. The molecule has 56 heavy (non-hydrogen) atoms. The molecule has 4 aromatic rings. The summed E-state index contributed by atoms with van der Waals surface area (Å²) in [5, 5.41) is 48.4. The van der Waals surface area contributed by atoms with Gasteiger partial charge in [0.2, 0.25) is 0 Å². The molecule has 1 aliphatic carbocycles. The summed E-state index contributed by atoms with van der Waals surface area (Å²) in [4.78, 5) is 4.44. The van der Waals surface area contributed by atoms with Crippen molar-refractivity contribution in [1.82, 2.24) is 9.80 Å². The highest BCUT2D eigenvalue weighted by Crippen LogP contribution is 2.41. The summed E-state index contributed by atoms with van der Waals surface area (Å²) < 4.78 is 0. The second kappa shape index (κ2) is 17.4. The normalized spacial score (nSPS) is 13.1. The zero-order chi connectivity index (χ0) is 40.9. The quantitative estimate of drug-likeness (QED) is 0.0949. The standard InChI is InChI=1S/C50H62N2O4/c1-11-15-51(16-12-2)31-33-19-35-23-39-27-43(49(5,6)7)29-41(47(39)55)25-37-21-34(32-52(17-13-3)18-14-4)22-38(46(37)54)26-42-30-44(50(8,9)10)28-40(48(42)56)24-36(20-33)45(35)53/h11-14,19-22,27-30,53-56H,1-4,15-18,23-26,31-32H2,5-10H3. The predicted molar refractivity (Wildman–Crippen MR) is 232 cm³/mol. The fraction of sp³-hybridized carbons (Fsp3) is 0.360. The fourth-order valence-electron chi connectivity index (χ4n) is 7.79. The Kier molecular flexibility index (Phi) is 13.1. The van der Waals surface area contributed by atoms with Gasteiger partial charge in [0.05, 0.1) is 0 Å². The molecule has 8 bridgehead atoms. The molecule has 0 aromatic heterocycles. The molecule has 0 amide bonds. The average Bonchev–Trinajstić information content (AvgIpc) is 3.11. The first-order valence-electron chi connectivity index (χ1n) is 19.7. The van der Waals surface area contributed by atoms with Gasteiger partial charge in [0.15, 0.2) is 0 Å². The van der Waals surface area contributed by atoms with E-state index >= 15 is 0 Å². The highest BCUT2D eigenvalue weighted by Gasteiger charge is 2.25. The van der Waals surface area contributed by atoms with Crippen LogP contribution in [0.4, 0.5) is 0 Å². The molecule has 6 nitrogen and oxygen atoms in total. The lowest BCUT2D eigenvalue weighted by Crippen LogP contribution is -2.23. The number of rotatable bonds is 12. The average molecular weight is 755 g/mol. The molecule has 0 aliphatic heterocycles. The Morgan fingerprint density at radius 3 is 0.839 bits per heavy atom. The maximum absolute atomic E-state index is 12.1. The third-order valence-electron chi connectivity index (χ3n) is 10.8. The number of phenolic OH excluding ortho intramolecular Hbond substituents is 4. The van der Waals surface area contributed by atoms with E-state index in [0.717, 1.165) is 22.3 Å². The largest absolute Gasteiger partial charge is 0.507 e. The van der Waals surface area contributed by atoms with Crippen LogP contribution in [0.5, 0.6) is 23.0 Å². The van der Waals surface area contributed by atoms with Crippen molar-refractivity contribution in [1.29, 1.82) is 0 Å². The molecule has 0 spiro atoms. The number of hydrogen-bond donors (Lipinski definition) is 4. The molecule has 0 atom stereocenters. The number of hydrogen-bond acceptors (Lipinski definition) is 6. The lowest BCUT2D eigenvalue weighted by molar-refractivity contribution is 0.327. The molecule has 296 valence electrons. The van der Waals surface area contributed by atoms with E-state index in [-0.39, 0.29) is 59.5 Å². The zero-order valence-electron chi connectivity index (χ0n) is 34.5. The molecule has 0 fully saturated rings. The van der Waals surface area contributed by atoms with E-state index in [2.05, 4.69) is 77.7 Å². The highest BCUT2D eigenvalue weighted by atomic mass is 16.3. The van der Waals surface area contributed by atoms with E-state index in [4.69, 9.17) is 0 Å². The molecule has 1 aliphatic rings. The second-order valence-electron chi connectivity index (χ2n) is 17.6. The topological polar surface area (TPSA) is 87.4 Å². The summed E-state index contributed by atoms with van der Waals surface area (Å²) in [5.41, 5.74) is 9.20. The number of nitrogens with zero attached hydrogens (tertiary/aromatic N) is 2. The predicted octanol–water partition coefficient (Wildman–Crippen LogP) is 10.1. The van der Waals surface area contributed by atoms with E-state index < -0.39 is 0 Å². The van der Waals surface area contributed by atoms with Crippen molar-refractivity contribution in [2.24, 2.45) is 0 Å². The maximum Gasteiger partial charge on any atom is 0.122 e. The third kappa shape index (κ3) is 9.84. The molecule has 4 N–H and O–H groups in total. The summed E-state index contributed by atoms with van der Waals surface area (Å²) in [6.45, 7) is 32.6. The number of aromatic hydroxyl groups is 4. The smallest absolute Gasteiger partial charge is 0.122 e. The van der Waals surface area contributed by atoms with E-state index in [1.165, 1.54) is 0 Å². The molecular formula is C50H62N2O4. The van der Waals surface area contributed by atoms with Crippen molar-refractivity contribution >= 4 is 0 Å². The van der Waals surface area contributed by atoms with Gasteiger partial charge in [-0.2, -0.15) is 0 Å². The molecule has 5 rings (SSSR count). The second-order valence-corrected chi connectivity index (χ2v) is 17.6. The lowest BCUT2D eigenvalue weighted by atomic mass is 9.81. The van der Waals surface area contributed by atoms with Crippen LogP contribution in [0, 0.1) is 0 Å². The van der Waals surface area contributed by atoms with Crippen LogP contribution in [0.1, 0.15) is 108 Å². The minimum Gasteiger partial charge on any atom is -0.507 e. The Balaban J connectivity index is 1.82. The van der Waals surface area contributed by atoms with Crippen LogP contribution in [0.25, 0.3) is 0 Å². The van der Waals surface area contributed by atoms with Gasteiger partial charge in [-0.15, -0.1) is 26.3 Å². The molecule has 4 aromatic carbocycles. The Hall–Kier alpha value is -5.04. The third-order valence-corrected chi connectivity index (χ3v) is 10.8. The van der Waals surface area contributed by atoms with Crippen molar-refractivity contribution < 1.29 is 20.4 Å². The van der Waals surface area contributed by atoms with Crippen molar-refractivity contribution in [2.75, 3.05) is 26.2 Å². The highest BCUT2D eigenvalue weighted by molar-refractivity contribution is 5.58. The van der Waals surface area contributed by atoms with Gasteiger partial charge >= 0.3 is 0 Å². The van der Waals surface area contributed by atoms with Gasteiger partial charge in [0, 0.05) is 65.0 Å². The van der Waals surface area contributed by atoms with Crippen molar-refractivity contribution in [3.05, 3.63) is 166 Å². The number of benzene rings is 4. The Morgan fingerprint density at radius 1 is 0.429 bits per heavy atom. The lowest BCUT2D eigenvalue weighted by Gasteiger charge is -2.25. The first-order chi connectivity index (χ1) is 26.4. The maximum atomic E-state index is 12.1. The van der Waals surface area contributed by atoms with Gasteiger partial charge in [0.1, 0.15) is 23.0 Å². The summed E-state index contributed by atoms with van der Waals surface area (Å²) in [6, 6.07) is 16.3. The molecule has 6 heteroatoms. The molecular weight excluding hydrogens is 693 g/mol. The van der Waals surface area contributed by atoms with Gasteiger partial charge in [-0.3, -0.25) is 9.80 Å². The van der Waals surface area contributed by atoms with Gasteiger partial charge in [0.25, 0.3) is 0 Å². The van der Waals surface area contributed by atoms with Crippen molar-refractivity contribution in [2.45, 2.75) is 91.1 Å². The Labute approximate surface area is 335 Å². The zero-order valence-corrected chi connectivity index (χ0v) is 34.5. The number of fused-ring (bicyclic) bond motifs is 8. The van der Waals surface area contributed by atoms with Crippen LogP contribution in [0.15, 0.2) is 99.2 Å². The van der Waals surface area contributed by atoms with Crippen LogP contribution in [0.3, 0.4) is 0 Å². The van der Waals surface area contributed by atoms with Crippen LogP contribution < -0.4 is 0 Å². The minimum atomic E-state index is -0.237. The fourth-order valence-corrected chi connectivity index (χ4v) is 7.79. The number of phenols is 4. The molecule has 0 radical (unpaired) electrons. The van der Waals surface area contributed by atoms with Crippen LogP contribution in [0.2, 0.25) is 0 Å². The van der Waals surface area contributed by atoms with Gasteiger partial charge < -0.3 is 20.4 Å². The Morgan fingerprint density at radius 2 is 0.643 bits per heavy atom. The molecule has 0 saturated heterocycles. The monoisotopic (exact) mass is 754 g/mol. The first kappa shape index (κ1) is 42.1. The minimum absolute atomic E-state index is 0.153. The van der Waals surface area contributed by atoms with Crippen LogP contribution in [-0.2, 0) is 49.6 Å². The van der Waals surface area contributed by atoms with Crippen molar-refractivity contribution in [3.8, 4) is 23.0 Å². The summed E-state index contributed by atoms with van der Waals surface area (Å²) >= 11 is 0. The molecule has 0 saturated carbocycles. The molecule has 0 heterocycles. The summed E-state index contributed by atoms with van der Waals surface area (Å²) in [7, 11) is 0. The SMILES string of the molecule is C=CCN(CC=C)Cc1cc2c(O)c(c1)Cc1cc(C(C)(C)C)cc(c1O)Cc1cc(CN(CC=C)CC=C)cc(c1O)Cc1cc(C(C)(C)C)cc(c1O)C2. The van der Waals surface area contributed by atoms with E-state index in [0.29, 0.717) is 83.8 Å². The van der Waals surface area contributed by atoms with E-state index in [1.807, 2.05) is 72.8 Å². The van der Waals surface area contributed by atoms with Crippen LogP contribution in [-0.4, -0.2) is 56.4 Å². The van der Waals surface area contributed by atoms with Gasteiger partial charge in [-0.1, -0.05) is 114 Å². The van der Waals surface area contributed by atoms with E-state index in [1.54, 1.807) is 0 Å². The van der Waals surface area contributed by atoms with Crippen LogP contribution >= 0.6 is 0 Å². The summed E-state index contributed by atoms with van der Waals surface area (Å²) in [6.07, 6.45) is 8.64. The Bertz CT molecular complexity index is 1850. The van der Waals surface area contributed by atoms with E-state index in [9.17, 15) is 20.4 Å². The van der Waals surface area contributed by atoms with Gasteiger partial charge in [-0.05, 0) is 77.6 Å². The molecule has 0 unspecified atom stereocenters. The summed E-state index contributed by atoms with van der Waals surface area (Å²) in [5.74, 6) is 0.612. The van der Waals surface area contributed by atoms with Crippen molar-refractivity contribution in [3.63, 3.8) is 0 Å². The van der Waals surface area contributed by atoms with Gasteiger partial charge in [-0.25, -0.2) is 0 Å².